The van der Waals surface area contributed by atoms with Crippen molar-refractivity contribution in [3.8, 4) is 5.75 Å². The van der Waals surface area contributed by atoms with Gasteiger partial charge in [0.15, 0.2) is 6.61 Å². The molecule has 6 nitrogen and oxygen atoms in total. The van der Waals surface area contributed by atoms with Crippen LogP contribution in [0.5, 0.6) is 5.75 Å². The molecule has 0 bridgehead atoms. The van der Waals surface area contributed by atoms with Crippen molar-refractivity contribution in [2.45, 2.75) is 24.7 Å². The largest absolute Gasteiger partial charge is 0.482 e. The first-order valence-electron chi connectivity index (χ1n) is 13.6. The number of nitrogens with one attached hydrogen (secondary N) is 1. The Morgan fingerprint density at radius 3 is 2.05 bits per heavy atom. The van der Waals surface area contributed by atoms with Crippen LogP contribution in [0.25, 0.3) is 10.9 Å². The first-order chi connectivity index (χ1) is 19.9. The second-order valence-corrected chi connectivity index (χ2v) is 11.3. The maximum atomic E-state index is 10.8. The lowest BCUT2D eigenvalue weighted by Gasteiger charge is -2.33. The zero-order valence-corrected chi connectivity index (χ0v) is 23.8. The lowest BCUT2D eigenvalue weighted by molar-refractivity contribution is -0.139. The second kappa shape index (κ2) is 11.9. The van der Waals surface area contributed by atoms with Crippen molar-refractivity contribution >= 4 is 45.8 Å². The number of aliphatic carboxylic acids is 1. The average molecular weight is 587 g/mol. The minimum absolute atomic E-state index is 0.0287. The van der Waals surface area contributed by atoms with Crippen molar-refractivity contribution in [2.75, 3.05) is 24.6 Å². The van der Waals surface area contributed by atoms with Gasteiger partial charge in [0.25, 0.3) is 0 Å². The van der Waals surface area contributed by atoms with E-state index in [1.54, 1.807) is 0 Å². The molecule has 8 heteroatoms. The van der Waals surface area contributed by atoms with Crippen molar-refractivity contribution in [2.24, 2.45) is 0 Å². The smallest absolute Gasteiger partial charge is 0.341 e. The summed E-state index contributed by atoms with van der Waals surface area (Å²) in [4.78, 5) is 13.1. The van der Waals surface area contributed by atoms with Crippen LogP contribution in [-0.2, 0) is 4.79 Å². The maximum Gasteiger partial charge on any atom is 0.341 e. The number of carboxylic acid groups (broad SMARTS) is 1. The van der Waals surface area contributed by atoms with E-state index in [0.717, 1.165) is 53.6 Å². The minimum Gasteiger partial charge on any atom is -0.482 e. The standard InChI is InChI=1S/C33H29Cl2N3O3/c34-25-6-1-21(2-7-25)32(22-3-8-26(35)9-4-22)24-5-14-30-29(19-24)33(37-36-30)23-15-17-38(18-16-23)27-10-12-28(13-11-27)41-20-31(39)40/h1-14,19,23,32H,15-18,20H2,(H,36,37)(H,39,40). The maximum absolute atomic E-state index is 10.8. The Kier molecular flexibility index (Phi) is 7.86. The van der Waals surface area contributed by atoms with Crippen LogP contribution in [0.15, 0.2) is 91.0 Å². The van der Waals surface area contributed by atoms with E-state index in [4.69, 9.17) is 33.0 Å². The highest BCUT2D eigenvalue weighted by atomic mass is 35.5. The zero-order chi connectivity index (χ0) is 28.3. The number of carbonyl (C=O) groups is 1. The molecule has 0 saturated carbocycles. The summed E-state index contributed by atoms with van der Waals surface area (Å²) in [5.41, 5.74) is 6.77. The molecule has 41 heavy (non-hydrogen) atoms. The van der Waals surface area contributed by atoms with Crippen LogP contribution >= 0.6 is 23.2 Å². The molecule has 1 aromatic heterocycles. The molecule has 6 rings (SSSR count). The number of fused-ring (bicyclic) bond motifs is 1. The van der Waals surface area contributed by atoms with Crippen LogP contribution < -0.4 is 9.64 Å². The third kappa shape index (κ3) is 6.04. The van der Waals surface area contributed by atoms with Gasteiger partial charge in [-0.1, -0.05) is 53.5 Å². The topological polar surface area (TPSA) is 78.5 Å². The van der Waals surface area contributed by atoms with E-state index in [2.05, 4.69) is 57.6 Å². The van der Waals surface area contributed by atoms with Gasteiger partial charge in [-0.2, -0.15) is 5.10 Å². The van der Waals surface area contributed by atoms with Crippen molar-refractivity contribution in [1.29, 1.82) is 0 Å². The molecular formula is C33H29Cl2N3O3. The summed E-state index contributed by atoms with van der Waals surface area (Å²) < 4.78 is 5.27. The van der Waals surface area contributed by atoms with E-state index in [9.17, 15) is 4.79 Å². The molecule has 2 N–H and O–H groups in total. The molecule has 2 heterocycles. The van der Waals surface area contributed by atoms with Gasteiger partial charge >= 0.3 is 5.97 Å². The number of benzene rings is 4. The number of hydrogen-bond donors (Lipinski definition) is 2. The monoisotopic (exact) mass is 585 g/mol. The van der Waals surface area contributed by atoms with Gasteiger partial charge in [-0.25, -0.2) is 4.79 Å². The SMILES string of the molecule is O=C(O)COc1ccc(N2CCC(c3[nH]nc4ccc(C(c5ccc(Cl)cc5)c5ccc(Cl)cc5)cc34)CC2)cc1. The van der Waals surface area contributed by atoms with Crippen LogP contribution in [0, 0.1) is 0 Å². The van der Waals surface area contributed by atoms with Gasteiger partial charge in [-0.15, -0.1) is 0 Å². The number of H-pyrrole nitrogens is 1. The molecule has 1 saturated heterocycles. The van der Waals surface area contributed by atoms with E-state index in [-0.39, 0.29) is 12.5 Å². The van der Waals surface area contributed by atoms with E-state index >= 15 is 0 Å². The molecule has 0 atom stereocenters. The highest BCUT2D eigenvalue weighted by Crippen LogP contribution is 2.38. The summed E-state index contributed by atoms with van der Waals surface area (Å²) in [6, 6.07) is 30.3. The van der Waals surface area contributed by atoms with Crippen LogP contribution in [-0.4, -0.2) is 41.0 Å². The third-order valence-electron chi connectivity index (χ3n) is 7.81. The fourth-order valence-electron chi connectivity index (χ4n) is 5.75. The van der Waals surface area contributed by atoms with Gasteiger partial charge in [0, 0.05) is 51.7 Å². The number of aromatic amines is 1. The molecule has 1 aliphatic heterocycles. The number of carboxylic acids is 1. The Labute approximate surface area is 248 Å². The fourth-order valence-corrected chi connectivity index (χ4v) is 6.00. The summed E-state index contributed by atoms with van der Waals surface area (Å²) in [7, 11) is 0. The lowest BCUT2D eigenvalue weighted by atomic mass is 9.84. The molecule has 1 fully saturated rings. The van der Waals surface area contributed by atoms with Gasteiger partial charge < -0.3 is 14.7 Å². The van der Waals surface area contributed by atoms with Crippen molar-refractivity contribution in [3.05, 3.63) is 123 Å². The summed E-state index contributed by atoms with van der Waals surface area (Å²) >= 11 is 12.4. The molecule has 1 aliphatic rings. The van der Waals surface area contributed by atoms with E-state index in [1.807, 2.05) is 48.5 Å². The lowest BCUT2D eigenvalue weighted by Crippen LogP contribution is -2.33. The highest BCUT2D eigenvalue weighted by Gasteiger charge is 2.25. The summed E-state index contributed by atoms with van der Waals surface area (Å²) in [6.45, 7) is 1.49. The van der Waals surface area contributed by atoms with E-state index in [0.29, 0.717) is 21.7 Å². The molecule has 208 valence electrons. The fraction of sp³-hybridized carbons (Fsp3) is 0.212. The molecule has 0 amide bonds. The molecule has 0 unspecified atom stereocenters. The average Bonchev–Trinajstić information content (AvgIpc) is 3.42. The van der Waals surface area contributed by atoms with E-state index in [1.165, 1.54) is 11.3 Å². The van der Waals surface area contributed by atoms with Crippen LogP contribution in [0.3, 0.4) is 0 Å². The Hall–Kier alpha value is -4.00. The van der Waals surface area contributed by atoms with Gasteiger partial charge in [0.1, 0.15) is 5.75 Å². The molecule has 0 radical (unpaired) electrons. The zero-order valence-electron chi connectivity index (χ0n) is 22.3. The quantitative estimate of drug-likeness (QED) is 0.181. The molecule has 4 aromatic carbocycles. The summed E-state index contributed by atoms with van der Waals surface area (Å²) in [6.07, 6.45) is 1.99. The Morgan fingerprint density at radius 1 is 0.878 bits per heavy atom. The normalized spacial score (nSPS) is 14.1. The first kappa shape index (κ1) is 27.2. The van der Waals surface area contributed by atoms with Gasteiger partial charge in [-0.3, -0.25) is 5.10 Å². The highest BCUT2D eigenvalue weighted by molar-refractivity contribution is 6.30. The number of piperidine rings is 1. The number of hydrogen-bond acceptors (Lipinski definition) is 4. The van der Waals surface area contributed by atoms with Gasteiger partial charge in [0.2, 0.25) is 0 Å². The molecule has 5 aromatic rings. The molecular weight excluding hydrogens is 557 g/mol. The van der Waals surface area contributed by atoms with Crippen molar-refractivity contribution in [1.82, 2.24) is 10.2 Å². The molecule has 0 spiro atoms. The van der Waals surface area contributed by atoms with Gasteiger partial charge in [-0.05, 0) is 90.2 Å². The Morgan fingerprint density at radius 2 is 1.46 bits per heavy atom. The number of nitrogens with zero attached hydrogens (tertiary/aromatic N) is 2. The first-order valence-corrected chi connectivity index (χ1v) is 14.4. The predicted molar refractivity (Wildman–Crippen MR) is 164 cm³/mol. The Bertz CT molecular complexity index is 1600. The second-order valence-electron chi connectivity index (χ2n) is 10.4. The number of halogens is 2. The number of ether oxygens (including phenoxy) is 1. The van der Waals surface area contributed by atoms with Crippen LogP contribution in [0.1, 0.15) is 47.1 Å². The van der Waals surface area contributed by atoms with Gasteiger partial charge in [0.05, 0.1) is 5.52 Å². The number of anilines is 1. The van der Waals surface area contributed by atoms with Crippen molar-refractivity contribution in [3.63, 3.8) is 0 Å². The van der Waals surface area contributed by atoms with Crippen LogP contribution in [0.4, 0.5) is 5.69 Å². The van der Waals surface area contributed by atoms with Crippen LogP contribution in [0.2, 0.25) is 10.0 Å². The number of aromatic nitrogens is 2. The minimum atomic E-state index is -0.986. The summed E-state index contributed by atoms with van der Waals surface area (Å²) in [5, 5.41) is 19.4. The summed E-state index contributed by atoms with van der Waals surface area (Å²) in [5.74, 6) is -0.0310. The number of rotatable bonds is 8. The predicted octanol–water partition coefficient (Wildman–Crippen LogP) is 7.90. The Balaban J connectivity index is 1.23. The molecule has 0 aliphatic carbocycles. The third-order valence-corrected chi connectivity index (χ3v) is 8.32. The van der Waals surface area contributed by atoms with Crippen molar-refractivity contribution < 1.29 is 14.6 Å². The van der Waals surface area contributed by atoms with E-state index < -0.39 is 5.97 Å².